The van der Waals surface area contributed by atoms with E-state index in [1.165, 1.54) is 65.9 Å². The first-order valence-corrected chi connectivity index (χ1v) is 10.7. The molecule has 0 radical (unpaired) electrons. The number of methoxy groups -OCH3 is 5. The molecule has 11 nitrogen and oxygen atoms in total. The minimum atomic E-state index is -4.28. The maximum Gasteiger partial charge on any atom is 0.266 e. The number of benzene rings is 2. The van der Waals surface area contributed by atoms with Crippen molar-refractivity contribution >= 4 is 27.3 Å². The van der Waals surface area contributed by atoms with Crippen LogP contribution in [0.1, 0.15) is 0 Å². The fraction of sp³-hybridized carbons (Fsp3) is 0.350. The van der Waals surface area contributed by atoms with Crippen molar-refractivity contribution in [2.45, 2.75) is 0 Å². The number of nitrogens with one attached hydrogen (secondary N) is 1. The second-order valence-electron chi connectivity index (χ2n) is 6.16. The van der Waals surface area contributed by atoms with Crippen LogP contribution in [0.25, 0.3) is 0 Å². The quantitative estimate of drug-likeness (QED) is 0.492. The summed E-state index contributed by atoms with van der Waals surface area (Å²) in [5.41, 5.74) is 0.227. The van der Waals surface area contributed by atoms with Crippen molar-refractivity contribution in [1.82, 2.24) is 0 Å². The second kappa shape index (κ2) is 10.8. The molecule has 0 aromatic heterocycles. The van der Waals surface area contributed by atoms with Crippen LogP contribution < -0.4 is 33.5 Å². The first kappa shape index (κ1) is 24.9. The molecular formula is C20H26N2O9S. The van der Waals surface area contributed by atoms with Gasteiger partial charge in [0.05, 0.1) is 42.7 Å². The van der Waals surface area contributed by atoms with Gasteiger partial charge in [-0.05, 0) is 12.1 Å². The lowest BCUT2D eigenvalue weighted by molar-refractivity contribution is -0.113. The molecule has 32 heavy (non-hydrogen) atoms. The summed E-state index contributed by atoms with van der Waals surface area (Å²) < 4.78 is 52.6. The van der Waals surface area contributed by atoms with Crippen molar-refractivity contribution < 1.29 is 41.7 Å². The van der Waals surface area contributed by atoms with E-state index in [1.54, 1.807) is 0 Å². The fourth-order valence-electron chi connectivity index (χ4n) is 2.83. The minimum absolute atomic E-state index is 0.0724. The van der Waals surface area contributed by atoms with Gasteiger partial charge >= 0.3 is 0 Å². The summed E-state index contributed by atoms with van der Waals surface area (Å²) in [7, 11) is 3.96. The van der Waals surface area contributed by atoms with Gasteiger partial charge in [0.25, 0.3) is 10.0 Å². The third kappa shape index (κ3) is 5.45. The number of nitrogens with zero attached hydrogens (tertiary/aromatic N) is 1. The summed E-state index contributed by atoms with van der Waals surface area (Å²) in [6.45, 7) is 0. The first-order chi connectivity index (χ1) is 15.2. The van der Waals surface area contributed by atoms with Crippen LogP contribution in [0.3, 0.4) is 0 Å². The lowest BCUT2D eigenvalue weighted by Gasteiger charge is -2.23. The minimum Gasteiger partial charge on any atom is -0.497 e. The lowest BCUT2D eigenvalue weighted by Crippen LogP contribution is -2.37. The molecule has 0 aliphatic heterocycles. The van der Waals surface area contributed by atoms with Crippen molar-refractivity contribution in [3.8, 4) is 28.7 Å². The van der Waals surface area contributed by atoms with Crippen molar-refractivity contribution in [3.63, 3.8) is 0 Å². The van der Waals surface area contributed by atoms with Crippen LogP contribution >= 0.6 is 0 Å². The highest BCUT2D eigenvalue weighted by atomic mass is 32.2. The zero-order valence-electron chi connectivity index (χ0n) is 18.6. The number of carbonyl (C=O) groups is 1. The molecule has 0 unspecified atom stereocenters. The molecule has 0 fully saturated rings. The molecule has 12 heteroatoms. The van der Waals surface area contributed by atoms with Crippen LogP contribution in [0.2, 0.25) is 0 Å². The summed E-state index contributed by atoms with van der Waals surface area (Å²) in [5, 5.41) is 2.51. The Morgan fingerprint density at radius 1 is 0.812 bits per heavy atom. The smallest absolute Gasteiger partial charge is 0.266 e. The number of amides is 1. The largest absolute Gasteiger partial charge is 0.497 e. The number of ether oxygens (including phenoxy) is 5. The van der Waals surface area contributed by atoms with Gasteiger partial charge in [-0.25, -0.2) is 8.42 Å². The number of anilines is 2. The van der Waals surface area contributed by atoms with E-state index in [1.807, 2.05) is 0 Å². The molecule has 2 rings (SSSR count). The van der Waals surface area contributed by atoms with Gasteiger partial charge in [-0.3, -0.25) is 9.63 Å². The van der Waals surface area contributed by atoms with Gasteiger partial charge in [0.1, 0.15) is 40.1 Å². The first-order valence-electron chi connectivity index (χ1n) is 9.13. The Morgan fingerprint density at radius 3 is 1.81 bits per heavy atom. The van der Waals surface area contributed by atoms with Crippen molar-refractivity contribution in [2.24, 2.45) is 0 Å². The van der Waals surface area contributed by atoms with E-state index in [2.05, 4.69) is 5.32 Å². The van der Waals surface area contributed by atoms with E-state index < -0.39 is 21.7 Å². The molecule has 0 saturated carbocycles. The summed E-state index contributed by atoms with van der Waals surface area (Å²) in [6, 6.07) is 7.51. The van der Waals surface area contributed by atoms with E-state index in [-0.39, 0.29) is 28.6 Å². The van der Waals surface area contributed by atoms with E-state index in [4.69, 9.17) is 28.5 Å². The van der Waals surface area contributed by atoms with Gasteiger partial charge in [0.2, 0.25) is 5.91 Å². The van der Waals surface area contributed by atoms with Crippen LogP contribution in [0, 0.1) is 0 Å². The molecule has 2 aromatic rings. The van der Waals surface area contributed by atoms with E-state index in [0.717, 1.165) is 7.11 Å². The molecule has 0 spiro atoms. The molecular weight excluding hydrogens is 444 g/mol. The fourth-order valence-corrected chi connectivity index (χ4v) is 4.02. The summed E-state index contributed by atoms with van der Waals surface area (Å²) in [5.74, 6) is -0.263. The molecule has 1 amide bonds. The molecule has 176 valence electrons. The van der Waals surface area contributed by atoms with Crippen LogP contribution in [0.4, 0.5) is 11.4 Å². The van der Waals surface area contributed by atoms with E-state index in [0.29, 0.717) is 16.0 Å². The maximum absolute atomic E-state index is 13.0. The Hall–Kier alpha value is -3.38. The van der Waals surface area contributed by atoms with E-state index >= 15 is 0 Å². The molecule has 0 saturated heterocycles. The van der Waals surface area contributed by atoms with Gasteiger partial charge in [0, 0.05) is 18.2 Å². The topological polar surface area (TPSA) is 122 Å². The monoisotopic (exact) mass is 470 g/mol. The Bertz CT molecular complexity index is 1030. The molecule has 0 aliphatic carbocycles. The predicted molar refractivity (Wildman–Crippen MR) is 118 cm³/mol. The molecule has 1 N–H and O–H groups in total. The molecule has 2 aromatic carbocycles. The van der Waals surface area contributed by atoms with Gasteiger partial charge in [-0.15, -0.1) is 4.47 Å². The van der Waals surface area contributed by atoms with Gasteiger partial charge < -0.3 is 29.0 Å². The Labute approximate surface area is 186 Å². The van der Waals surface area contributed by atoms with Crippen molar-refractivity contribution in [1.29, 1.82) is 0 Å². The number of hydrogen-bond acceptors (Lipinski definition) is 9. The summed E-state index contributed by atoms with van der Waals surface area (Å²) in [4.78, 5) is 17.7. The number of rotatable bonds is 11. The summed E-state index contributed by atoms with van der Waals surface area (Å²) >= 11 is 0. The average molecular weight is 471 g/mol. The Balaban J connectivity index is 2.33. The van der Waals surface area contributed by atoms with Crippen molar-refractivity contribution in [3.05, 3.63) is 30.3 Å². The van der Waals surface area contributed by atoms with Gasteiger partial charge in [0.15, 0.2) is 5.75 Å². The Morgan fingerprint density at radius 2 is 1.34 bits per heavy atom. The van der Waals surface area contributed by atoms with Gasteiger partial charge in [-0.1, -0.05) is 0 Å². The molecule has 0 heterocycles. The summed E-state index contributed by atoms with van der Waals surface area (Å²) in [6.07, 6.45) is 0. The molecule has 0 aliphatic rings. The Kier molecular flexibility index (Phi) is 8.38. The van der Waals surface area contributed by atoms with Crippen molar-refractivity contribution in [2.75, 3.05) is 58.2 Å². The SMILES string of the molecule is COc1ccc(N(OC)S(=O)(=O)CC(=O)Nc2c(OC)cc(OC)cc2OC)c(OC)c1. The normalized spacial score (nSPS) is 10.8. The average Bonchev–Trinajstić information content (AvgIpc) is 2.78. The second-order valence-corrected chi connectivity index (χ2v) is 7.94. The highest BCUT2D eigenvalue weighted by molar-refractivity contribution is 7.93. The highest BCUT2D eigenvalue weighted by Crippen LogP contribution is 2.39. The highest BCUT2D eigenvalue weighted by Gasteiger charge is 2.30. The van der Waals surface area contributed by atoms with Crippen LogP contribution in [0.15, 0.2) is 30.3 Å². The van der Waals surface area contributed by atoms with Crippen LogP contribution in [-0.2, 0) is 19.7 Å². The maximum atomic E-state index is 13.0. The number of carbonyl (C=O) groups excluding carboxylic acids is 1. The van der Waals surface area contributed by atoms with Crippen LogP contribution in [0.5, 0.6) is 28.7 Å². The van der Waals surface area contributed by atoms with E-state index in [9.17, 15) is 13.2 Å². The zero-order valence-corrected chi connectivity index (χ0v) is 19.4. The third-order valence-electron chi connectivity index (χ3n) is 4.30. The zero-order chi connectivity index (χ0) is 23.9. The number of sulfonamides is 1. The lowest BCUT2D eigenvalue weighted by atomic mass is 10.2. The molecule has 0 bridgehead atoms. The molecule has 0 atom stereocenters. The third-order valence-corrected chi connectivity index (χ3v) is 5.77. The predicted octanol–water partition coefficient (Wildman–Crippen LogP) is 2.07. The van der Waals surface area contributed by atoms with Crippen LogP contribution in [-0.4, -0.2) is 62.7 Å². The number of hydrogen-bond donors (Lipinski definition) is 1. The van der Waals surface area contributed by atoms with Gasteiger partial charge in [-0.2, -0.15) is 0 Å². The standard InChI is InChI=1S/C20H26N2O9S/c1-26-13-7-8-15(16(9-13)28-3)22(31-6)32(24,25)12-19(23)21-20-17(29-4)10-14(27-2)11-18(20)30-5/h7-11H,12H2,1-6H3,(H,21,23).